The van der Waals surface area contributed by atoms with E-state index in [1.165, 1.54) is 6.07 Å². The first-order valence-corrected chi connectivity index (χ1v) is 9.90. The molecule has 1 N–H and O–H groups in total. The molecule has 0 heterocycles. The van der Waals surface area contributed by atoms with E-state index < -0.39 is 9.84 Å². The van der Waals surface area contributed by atoms with Crippen LogP contribution in [0.1, 0.15) is 44.7 Å². The number of nitrogens with one attached hydrogen (secondary N) is 1. The van der Waals surface area contributed by atoms with Gasteiger partial charge in [-0.25, -0.2) is 12.8 Å². The van der Waals surface area contributed by atoms with Gasteiger partial charge in [0, 0.05) is 21.8 Å². The maximum Gasteiger partial charge on any atom is 0.150 e. The Kier molecular flexibility index (Phi) is 7.84. The van der Waals surface area contributed by atoms with Crippen molar-refractivity contribution in [2.75, 3.05) is 18.1 Å². The van der Waals surface area contributed by atoms with E-state index in [2.05, 4.69) is 21.2 Å². The minimum absolute atomic E-state index is 0.153. The smallest absolute Gasteiger partial charge is 0.150 e. The van der Waals surface area contributed by atoms with Crippen molar-refractivity contribution >= 4 is 25.8 Å². The standard InChI is InChI=1S/C15H23BrFNO2S/c1-3-10-18-14(9-6-11-21(19,20)4-2)15-12(16)7-5-8-13(15)17/h5,7-8,14,18H,3-4,6,9-11H2,1-2H3. The van der Waals surface area contributed by atoms with Crippen LogP contribution in [-0.4, -0.2) is 26.5 Å². The molecule has 21 heavy (non-hydrogen) atoms. The van der Waals surface area contributed by atoms with Crippen LogP contribution in [0, 0.1) is 5.82 Å². The highest BCUT2D eigenvalue weighted by molar-refractivity contribution is 9.10. The molecule has 0 spiro atoms. The van der Waals surface area contributed by atoms with E-state index in [4.69, 9.17) is 0 Å². The van der Waals surface area contributed by atoms with E-state index in [0.717, 1.165) is 17.4 Å². The van der Waals surface area contributed by atoms with Crippen molar-refractivity contribution in [3.05, 3.63) is 34.1 Å². The van der Waals surface area contributed by atoms with E-state index in [1.807, 2.05) is 13.0 Å². The van der Waals surface area contributed by atoms with Crippen molar-refractivity contribution in [3.63, 3.8) is 0 Å². The summed E-state index contributed by atoms with van der Waals surface area (Å²) in [6, 6.07) is 4.72. The van der Waals surface area contributed by atoms with Gasteiger partial charge in [-0.1, -0.05) is 35.8 Å². The van der Waals surface area contributed by atoms with Crippen LogP contribution in [0.15, 0.2) is 22.7 Å². The lowest BCUT2D eigenvalue weighted by atomic mass is 10.0. The van der Waals surface area contributed by atoms with Crippen LogP contribution >= 0.6 is 15.9 Å². The van der Waals surface area contributed by atoms with Gasteiger partial charge in [0.25, 0.3) is 0 Å². The third-order valence-electron chi connectivity index (χ3n) is 3.38. The first kappa shape index (κ1) is 18.6. The summed E-state index contributed by atoms with van der Waals surface area (Å²) in [7, 11) is -2.97. The van der Waals surface area contributed by atoms with Gasteiger partial charge in [0.2, 0.25) is 0 Å². The molecular weight excluding hydrogens is 357 g/mol. The molecule has 120 valence electrons. The van der Waals surface area contributed by atoms with E-state index in [9.17, 15) is 12.8 Å². The van der Waals surface area contributed by atoms with Crippen LogP contribution in [0.4, 0.5) is 4.39 Å². The topological polar surface area (TPSA) is 46.2 Å². The Morgan fingerprint density at radius 3 is 2.62 bits per heavy atom. The lowest BCUT2D eigenvalue weighted by molar-refractivity contribution is 0.467. The first-order valence-electron chi connectivity index (χ1n) is 7.29. The monoisotopic (exact) mass is 379 g/mol. The average molecular weight is 380 g/mol. The Labute approximate surface area is 135 Å². The molecule has 0 aromatic heterocycles. The molecule has 1 unspecified atom stereocenters. The molecular formula is C15H23BrFNO2S. The Morgan fingerprint density at radius 2 is 2.05 bits per heavy atom. The van der Waals surface area contributed by atoms with Gasteiger partial charge in [0.1, 0.15) is 15.7 Å². The summed E-state index contributed by atoms with van der Waals surface area (Å²) in [5, 5.41) is 3.31. The zero-order chi connectivity index (χ0) is 15.9. The Balaban J connectivity index is 2.81. The maximum absolute atomic E-state index is 14.1. The predicted molar refractivity (Wildman–Crippen MR) is 88.7 cm³/mol. The zero-order valence-corrected chi connectivity index (χ0v) is 14.9. The van der Waals surface area contributed by atoms with Crippen molar-refractivity contribution < 1.29 is 12.8 Å². The third-order valence-corrected chi connectivity index (χ3v) is 5.86. The van der Waals surface area contributed by atoms with Gasteiger partial charge in [-0.3, -0.25) is 0 Å². The van der Waals surface area contributed by atoms with Crippen LogP contribution in [0.25, 0.3) is 0 Å². The van der Waals surface area contributed by atoms with Gasteiger partial charge in [0.15, 0.2) is 0 Å². The number of halogens is 2. The second-order valence-corrected chi connectivity index (χ2v) is 8.35. The Bertz CT molecular complexity index is 528. The fourth-order valence-electron chi connectivity index (χ4n) is 2.16. The van der Waals surface area contributed by atoms with Crippen LogP contribution < -0.4 is 5.32 Å². The highest BCUT2D eigenvalue weighted by atomic mass is 79.9. The van der Waals surface area contributed by atoms with Gasteiger partial charge in [-0.05, 0) is 37.9 Å². The molecule has 6 heteroatoms. The molecule has 1 aromatic rings. The van der Waals surface area contributed by atoms with E-state index in [0.29, 0.717) is 18.4 Å². The normalized spacial score (nSPS) is 13.3. The maximum atomic E-state index is 14.1. The van der Waals surface area contributed by atoms with Crippen molar-refractivity contribution in [3.8, 4) is 0 Å². The molecule has 0 amide bonds. The summed E-state index contributed by atoms with van der Waals surface area (Å²) in [4.78, 5) is 0. The van der Waals surface area contributed by atoms with Gasteiger partial charge in [-0.15, -0.1) is 0 Å². The first-order chi connectivity index (χ1) is 9.91. The van der Waals surface area contributed by atoms with Crippen LogP contribution in [0.2, 0.25) is 0 Å². The van der Waals surface area contributed by atoms with Crippen molar-refractivity contribution in [1.29, 1.82) is 0 Å². The van der Waals surface area contributed by atoms with Crippen LogP contribution in [-0.2, 0) is 9.84 Å². The molecule has 0 fully saturated rings. The van der Waals surface area contributed by atoms with E-state index >= 15 is 0 Å². The number of benzene rings is 1. The molecule has 0 radical (unpaired) electrons. The predicted octanol–water partition coefficient (Wildman–Crippen LogP) is 3.84. The van der Waals surface area contributed by atoms with Gasteiger partial charge >= 0.3 is 0 Å². The van der Waals surface area contributed by atoms with Crippen molar-refractivity contribution in [2.24, 2.45) is 0 Å². The molecule has 0 bridgehead atoms. The van der Waals surface area contributed by atoms with Gasteiger partial charge in [0.05, 0.1) is 5.75 Å². The highest BCUT2D eigenvalue weighted by Gasteiger charge is 2.19. The number of rotatable bonds is 9. The molecule has 0 saturated heterocycles. The molecule has 1 atom stereocenters. The van der Waals surface area contributed by atoms with Crippen LogP contribution in [0.3, 0.4) is 0 Å². The van der Waals surface area contributed by atoms with Crippen molar-refractivity contribution in [1.82, 2.24) is 5.32 Å². The average Bonchev–Trinajstić information content (AvgIpc) is 2.43. The van der Waals surface area contributed by atoms with Gasteiger partial charge < -0.3 is 5.32 Å². The fourth-order valence-corrected chi connectivity index (χ4v) is 3.68. The molecule has 0 aliphatic heterocycles. The molecule has 1 aromatic carbocycles. The second-order valence-electron chi connectivity index (χ2n) is 5.02. The fraction of sp³-hybridized carbons (Fsp3) is 0.600. The SMILES string of the molecule is CCCNC(CCCS(=O)(=O)CC)c1c(F)cccc1Br. The van der Waals surface area contributed by atoms with Crippen LogP contribution in [0.5, 0.6) is 0 Å². The minimum Gasteiger partial charge on any atom is -0.310 e. The number of hydrogen-bond acceptors (Lipinski definition) is 3. The van der Waals surface area contributed by atoms with Gasteiger partial charge in [-0.2, -0.15) is 0 Å². The number of hydrogen-bond donors (Lipinski definition) is 1. The zero-order valence-electron chi connectivity index (χ0n) is 12.5. The largest absolute Gasteiger partial charge is 0.310 e. The molecule has 3 nitrogen and oxygen atoms in total. The van der Waals surface area contributed by atoms with Crippen molar-refractivity contribution in [2.45, 2.75) is 39.2 Å². The van der Waals surface area contributed by atoms with E-state index in [1.54, 1.807) is 13.0 Å². The molecule has 0 aliphatic rings. The van der Waals surface area contributed by atoms with E-state index in [-0.39, 0.29) is 23.4 Å². The summed E-state index contributed by atoms with van der Waals surface area (Å²) in [5.41, 5.74) is 0.583. The Hall–Kier alpha value is -0.460. The molecule has 1 rings (SSSR count). The summed E-state index contributed by atoms with van der Waals surface area (Å²) < 4.78 is 37.9. The lowest BCUT2D eigenvalue weighted by Crippen LogP contribution is -2.24. The number of sulfone groups is 1. The minimum atomic E-state index is -2.97. The molecule has 0 aliphatic carbocycles. The lowest BCUT2D eigenvalue weighted by Gasteiger charge is -2.21. The summed E-state index contributed by atoms with van der Waals surface area (Å²) >= 11 is 3.39. The Morgan fingerprint density at radius 1 is 1.33 bits per heavy atom. The summed E-state index contributed by atoms with van der Waals surface area (Å²) in [5.74, 6) is 0.0416. The summed E-state index contributed by atoms with van der Waals surface area (Å²) in [6.07, 6.45) is 2.06. The third kappa shape index (κ3) is 6.04. The quantitative estimate of drug-likeness (QED) is 0.708. The second kappa shape index (κ2) is 8.86. The highest BCUT2D eigenvalue weighted by Crippen LogP contribution is 2.29. The summed E-state index contributed by atoms with van der Waals surface area (Å²) in [6.45, 7) is 4.46. The molecule has 0 saturated carbocycles.